The molecule has 0 radical (unpaired) electrons. The van der Waals surface area contributed by atoms with E-state index in [-0.39, 0.29) is 53.8 Å². The lowest BCUT2D eigenvalue weighted by Gasteiger charge is -2.27. The topological polar surface area (TPSA) is 125 Å². The van der Waals surface area contributed by atoms with E-state index >= 15 is 0 Å². The number of nitrogens with zero attached hydrogens (tertiary/aromatic N) is 1. The molecule has 316 valence electrons. The average Bonchev–Trinajstić information content (AvgIpc) is 3.92. The molecule has 1 saturated heterocycles. The zero-order chi connectivity index (χ0) is 41.8. The summed E-state index contributed by atoms with van der Waals surface area (Å²) < 4.78 is 5.45. The Morgan fingerprint density at radius 1 is 0.684 bits per heavy atom. The van der Waals surface area contributed by atoms with Crippen molar-refractivity contribution in [3.63, 3.8) is 0 Å². The highest BCUT2D eigenvalue weighted by Gasteiger charge is 2.50. The smallest absolute Gasteiger partial charge is 0.224 e. The lowest BCUT2D eigenvalue weighted by Crippen LogP contribution is -2.50. The first kappa shape index (κ1) is 47.7. The molecular formula is C48H73N3O6. The third-order valence-corrected chi connectivity index (χ3v) is 11.0. The maximum Gasteiger partial charge on any atom is 0.224 e. The summed E-state index contributed by atoms with van der Waals surface area (Å²) in [6, 6.07) is 18.0. The van der Waals surface area contributed by atoms with Gasteiger partial charge in [0.1, 0.15) is 11.4 Å². The van der Waals surface area contributed by atoms with Crippen LogP contribution >= 0.6 is 0 Å². The number of hydrogen-bond acceptors (Lipinski definition) is 7. The van der Waals surface area contributed by atoms with Crippen molar-refractivity contribution in [3.05, 3.63) is 71.8 Å². The van der Waals surface area contributed by atoms with Crippen LogP contribution in [-0.2, 0) is 41.6 Å². The number of unbranched alkanes of at least 4 members (excludes halogenated alkanes) is 6. The van der Waals surface area contributed by atoms with Crippen LogP contribution in [-0.4, -0.2) is 79.0 Å². The Morgan fingerprint density at radius 2 is 1.19 bits per heavy atom. The quantitative estimate of drug-likeness (QED) is 0.0606. The highest BCUT2D eigenvalue weighted by Crippen LogP contribution is 2.30. The maximum absolute atomic E-state index is 14.3. The van der Waals surface area contributed by atoms with Crippen molar-refractivity contribution >= 4 is 29.2 Å². The number of benzene rings is 2. The van der Waals surface area contributed by atoms with Gasteiger partial charge in [0.15, 0.2) is 11.6 Å². The highest BCUT2D eigenvalue weighted by atomic mass is 16.6. The number of rotatable bonds is 30. The van der Waals surface area contributed by atoms with Crippen molar-refractivity contribution in [1.29, 1.82) is 0 Å². The van der Waals surface area contributed by atoms with Crippen LogP contribution in [0.25, 0.3) is 0 Å². The first-order valence-corrected chi connectivity index (χ1v) is 21.7. The molecular weight excluding hydrogens is 715 g/mol. The van der Waals surface area contributed by atoms with Crippen molar-refractivity contribution in [2.24, 2.45) is 23.7 Å². The Kier molecular flexibility index (Phi) is 20.9. The Morgan fingerprint density at radius 3 is 1.75 bits per heavy atom. The number of aryl methyl sites for hydroxylation is 1. The number of epoxide rings is 1. The standard InChI is InChI=1S/C48H73N3O6/c1-35(2)29-42(44(53)33-40(31-38-23-17-14-18-24-38)47(56)50-43(30-36(3)4)45(54)48(5)34-57-48)49-46(55)39(27-26-37-21-15-13-16-22-37)32-41(52)25-19-11-9-8-10-12-20-28-51(6)7/h13-18,21-24,35-36,39-40,42-43H,8-12,19-20,25-34H2,1-7H3,(H,49,55)(H,50,56)/t39?,40-,42+,43+,48-/m1/s1. The number of carbonyl (C=O) groups is 5. The van der Waals surface area contributed by atoms with E-state index in [2.05, 4.69) is 29.6 Å². The zero-order valence-corrected chi connectivity index (χ0v) is 36.2. The molecule has 2 N–H and O–H groups in total. The molecule has 0 saturated carbocycles. The molecule has 9 nitrogen and oxygen atoms in total. The highest BCUT2D eigenvalue weighted by molar-refractivity contribution is 5.98. The first-order chi connectivity index (χ1) is 27.2. The van der Waals surface area contributed by atoms with Crippen molar-refractivity contribution in [2.45, 2.75) is 149 Å². The summed E-state index contributed by atoms with van der Waals surface area (Å²) in [4.78, 5) is 71.4. The second kappa shape index (κ2) is 24.9. The minimum atomic E-state index is -0.895. The van der Waals surface area contributed by atoms with Gasteiger partial charge in [-0.3, -0.25) is 24.0 Å². The molecule has 0 aliphatic carbocycles. The van der Waals surface area contributed by atoms with Gasteiger partial charge in [0, 0.05) is 31.1 Å². The van der Waals surface area contributed by atoms with E-state index in [0.717, 1.165) is 36.9 Å². The van der Waals surface area contributed by atoms with E-state index in [1.807, 2.05) is 88.4 Å². The average molecular weight is 788 g/mol. The number of hydrogen-bond donors (Lipinski definition) is 2. The van der Waals surface area contributed by atoms with Gasteiger partial charge in [0.25, 0.3) is 0 Å². The molecule has 1 aliphatic rings. The predicted octanol–water partition coefficient (Wildman–Crippen LogP) is 8.11. The number of Topliss-reactive ketones (excluding diaryl/α,β-unsaturated/α-hetero) is 3. The fourth-order valence-electron chi connectivity index (χ4n) is 7.51. The molecule has 1 heterocycles. The number of nitrogens with one attached hydrogen (secondary N) is 2. The zero-order valence-electron chi connectivity index (χ0n) is 36.2. The van der Waals surface area contributed by atoms with Gasteiger partial charge in [-0.15, -0.1) is 0 Å². The molecule has 9 heteroatoms. The molecule has 2 aromatic rings. The first-order valence-electron chi connectivity index (χ1n) is 21.7. The lowest BCUT2D eigenvalue weighted by molar-refractivity contribution is -0.135. The largest absolute Gasteiger partial charge is 0.361 e. The van der Waals surface area contributed by atoms with Crippen LogP contribution in [0.3, 0.4) is 0 Å². The third kappa shape index (κ3) is 18.6. The number of ketones is 3. The fourth-order valence-corrected chi connectivity index (χ4v) is 7.51. The molecule has 0 aromatic heterocycles. The summed E-state index contributed by atoms with van der Waals surface area (Å²) in [5.41, 5.74) is 1.10. The van der Waals surface area contributed by atoms with Crippen LogP contribution < -0.4 is 10.6 Å². The van der Waals surface area contributed by atoms with Gasteiger partial charge in [0.05, 0.1) is 18.7 Å². The van der Waals surface area contributed by atoms with Crippen LogP contribution in [0.15, 0.2) is 60.7 Å². The van der Waals surface area contributed by atoms with Crippen LogP contribution in [0.5, 0.6) is 0 Å². The van der Waals surface area contributed by atoms with Crippen molar-refractivity contribution in [3.8, 4) is 0 Å². The fraction of sp³-hybridized carbons (Fsp3) is 0.646. The van der Waals surface area contributed by atoms with Gasteiger partial charge in [-0.2, -0.15) is 0 Å². The third-order valence-electron chi connectivity index (χ3n) is 11.0. The van der Waals surface area contributed by atoms with E-state index in [9.17, 15) is 24.0 Å². The number of carbonyl (C=O) groups excluding carboxylic acids is 5. The molecule has 2 amide bonds. The summed E-state index contributed by atoms with van der Waals surface area (Å²) in [6.07, 6.45) is 10.5. The second-order valence-corrected chi connectivity index (χ2v) is 17.8. The maximum atomic E-state index is 14.3. The van der Waals surface area contributed by atoms with E-state index in [4.69, 9.17) is 4.74 Å². The summed E-state index contributed by atoms with van der Waals surface area (Å²) in [6.45, 7) is 11.2. The van der Waals surface area contributed by atoms with E-state index in [1.165, 1.54) is 25.7 Å². The van der Waals surface area contributed by atoms with Crippen LogP contribution in [0.4, 0.5) is 0 Å². The Hall–Kier alpha value is -3.69. The SMILES string of the molecule is CC(C)C[C@H](NC(=O)C(CCc1ccccc1)CC(=O)CCCCCCCCCN(C)C)C(=O)C[C@@H](Cc1ccccc1)C(=O)N[C@@H](CC(C)C)C(=O)[C@@]1(C)CO1. The molecule has 3 rings (SSSR count). The van der Waals surface area contributed by atoms with Crippen molar-refractivity contribution < 1.29 is 28.7 Å². The minimum absolute atomic E-state index is 0.0801. The van der Waals surface area contributed by atoms with Crippen molar-refractivity contribution in [2.75, 3.05) is 27.2 Å². The monoisotopic (exact) mass is 788 g/mol. The van der Waals surface area contributed by atoms with Crippen LogP contribution in [0, 0.1) is 23.7 Å². The molecule has 0 bridgehead atoms. The molecule has 1 unspecified atom stereocenters. The Labute approximate surface area is 343 Å². The molecule has 1 fully saturated rings. The van der Waals surface area contributed by atoms with Crippen molar-refractivity contribution in [1.82, 2.24) is 15.5 Å². The van der Waals surface area contributed by atoms with E-state index in [1.54, 1.807) is 6.92 Å². The summed E-state index contributed by atoms with van der Waals surface area (Å²) >= 11 is 0. The van der Waals surface area contributed by atoms with Crippen LogP contribution in [0.1, 0.15) is 129 Å². The summed E-state index contributed by atoms with van der Waals surface area (Å²) in [7, 11) is 4.20. The number of amides is 2. The van der Waals surface area contributed by atoms with Gasteiger partial charge >= 0.3 is 0 Å². The molecule has 1 aliphatic heterocycles. The van der Waals surface area contributed by atoms with Gasteiger partial charge in [-0.05, 0) is 95.5 Å². The molecule has 2 aromatic carbocycles. The van der Waals surface area contributed by atoms with Gasteiger partial charge in [0.2, 0.25) is 11.8 Å². The number of ether oxygens (including phenoxy) is 1. The molecule has 0 spiro atoms. The van der Waals surface area contributed by atoms with Gasteiger partial charge in [-0.25, -0.2) is 0 Å². The lowest BCUT2D eigenvalue weighted by atomic mass is 9.87. The second-order valence-electron chi connectivity index (χ2n) is 17.8. The molecule has 57 heavy (non-hydrogen) atoms. The summed E-state index contributed by atoms with van der Waals surface area (Å²) in [5, 5.41) is 6.08. The van der Waals surface area contributed by atoms with Crippen LogP contribution in [0.2, 0.25) is 0 Å². The van der Waals surface area contributed by atoms with E-state index in [0.29, 0.717) is 45.1 Å². The normalized spacial score (nSPS) is 17.2. The van der Waals surface area contributed by atoms with Gasteiger partial charge in [-0.1, -0.05) is 120 Å². The summed E-state index contributed by atoms with van der Waals surface area (Å²) in [5.74, 6) is -2.04. The minimum Gasteiger partial charge on any atom is -0.361 e. The predicted molar refractivity (Wildman–Crippen MR) is 229 cm³/mol. The Bertz CT molecular complexity index is 1520. The van der Waals surface area contributed by atoms with E-state index < -0.39 is 29.5 Å². The Balaban J connectivity index is 1.71. The molecule has 5 atom stereocenters. The van der Waals surface area contributed by atoms with Gasteiger partial charge < -0.3 is 20.3 Å².